The van der Waals surface area contributed by atoms with Crippen molar-refractivity contribution in [3.63, 3.8) is 0 Å². The second kappa shape index (κ2) is 7.30. The van der Waals surface area contributed by atoms with Crippen LogP contribution in [0.5, 0.6) is 0 Å². The zero-order valence-corrected chi connectivity index (χ0v) is 15.0. The molecule has 3 rings (SSSR count). The van der Waals surface area contributed by atoms with Gasteiger partial charge in [-0.2, -0.15) is 0 Å². The second-order valence-electron chi connectivity index (χ2n) is 7.04. The predicted molar refractivity (Wildman–Crippen MR) is 91.8 cm³/mol. The van der Waals surface area contributed by atoms with E-state index in [0.29, 0.717) is 5.69 Å². The third-order valence-corrected chi connectivity index (χ3v) is 4.75. The molecule has 1 aliphatic carbocycles. The number of carbonyl (C=O) groups excluding carboxylic acids is 1. The number of rotatable bonds is 5. The number of hydrogen-bond acceptors (Lipinski definition) is 6. The maximum Gasteiger partial charge on any atom is 0.274 e. The number of hydrogen-bond donors (Lipinski definition) is 2. The molecule has 1 saturated carbocycles. The monoisotopic (exact) mass is 346 g/mol. The minimum absolute atomic E-state index is 0.225. The van der Waals surface area contributed by atoms with E-state index in [0.717, 1.165) is 31.5 Å². The highest BCUT2D eigenvalue weighted by atomic mass is 16.2. The molecule has 136 valence electrons. The van der Waals surface area contributed by atoms with Crippen LogP contribution < -0.4 is 11.1 Å². The smallest absolute Gasteiger partial charge is 0.274 e. The van der Waals surface area contributed by atoms with Gasteiger partial charge in [0, 0.05) is 12.1 Å². The van der Waals surface area contributed by atoms with Gasteiger partial charge in [0.25, 0.3) is 5.91 Å². The third kappa shape index (κ3) is 3.87. The van der Waals surface area contributed by atoms with E-state index in [9.17, 15) is 4.79 Å². The summed E-state index contributed by atoms with van der Waals surface area (Å²) in [6.45, 7) is 5.97. The maximum absolute atomic E-state index is 12.5. The lowest BCUT2D eigenvalue weighted by Gasteiger charge is -2.25. The minimum atomic E-state index is -0.268. The van der Waals surface area contributed by atoms with Crippen LogP contribution in [0.4, 0.5) is 0 Å². The first-order chi connectivity index (χ1) is 12.0. The highest BCUT2D eigenvalue weighted by Gasteiger charge is 2.23. The summed E-state index contributed by atoms with van der Waals surface area (Å²) < 4.78 is 3.73. The molecule has 3 N–H and O–H groups in total. The van der Waals surface area contributed by atoms with E-state index in [2.05, 4.69) is 25.8 Å². The van der Waals surface area contributed by atoms with Crippen LogP contribution in [0.1, 0.15) is 80.9 Å². The Balaban J connectivity index is 1.64. The molecule has 0 saturated heterocycles. The second-order valence-corrected chi connectivity index (χ2v) is 7.04. The van der Waals surface area contributed by atoms with Crippen molar-refractivity contribution >= 4 is 5.91 Å². The predicted octanol–water partition coefficient (Wildman–Crippen LogP) is 1.38. The molecule has 1 atom stereocenters. The van der Waals surface area contributed by atoms with Gasteiger partial charge < -0.3 is 15.6 Å². The van der Waals surface area contributed by atoms with E-state index in [1.54, 1.807) is 17.2 Å². The largest absolute Gasteiger partial charge is 0.341 e. The number of carbonyl (C=O) groups is 1. The molecule has 1 amide bonds. The topological polar surface area (TPSA) is 117 Å². The van der Waals surface area contributed by atoms with Crippen LogP contribution in [0, 0.1) is 0 Å². The summed E-state index contributed by atoms with van der Waals surface area (Å²) in [5, 5.41) is 19.1. The van der Waals surface area contributed by atoms with Crippen LogP contribution in [0.2, 0.25) is 0 Å². The standard InChI is InChI=1S/C16H26N8O/c1-10(2)23-9-18-21-15(23)11(3)19-16(25)14-8-24(22-20-14)13-6-4-12(17)5-7-13/h8-13H,4-7,17H2,1-3H3,(H,19,25)/t11-,12?,13?/m0/s1. The summed E-state index contributed by atoms with van der Waals surface area (Å²) in [5.74, 6) is 0.460. The molecular formula is C16H26N8O. The Labute approximate surface area is 147 Å². The normalized spacial score (nSPS) is 22.1. The van der Waals surface area contributed by atoms with E-state index in [1.807, 2.05) is 25.3 Å². The lowest BCUT2D eigenvalue weighted by atomic mass is 9.92. The minimum Gasteiger partial charge on any atom is -0.341 e. The molecule has 9 heteroatoms. The number of nitrogens with zero attached hydrogens (tertiary/aromatic N) is 6. The molecule has 0 aliphatic heterocycles. The Kier molecular flexibility index (Phi) is 5.12. The number of aromatic nitrogens is 6. The van der Waals surface area contributed by atoms with E-state index in [4.69, 9.17) is 5.73 Å². The van der Waals surface area contributed by atoms with Gasteiger partial charge in [-0.25, -0.2) is 4.68 Å². The molecule has 2 aromatic rings. The molecule has 2 heterocycles. The summed E-state index contributed by atoms with van der Waals surface area (Å²) >= 11 is 0. The first-order valence-corrected chi connectivity index (χ1v) is 8.83. The van der Waals surface area contributed by atoms with Crippen molar-refractivity contribution in [2.75, 3.05) is 0 Å². The fourth-order valence-corrected chi connectivity index (χ4v) is 3.22. The lowest BCUT2D eigenvalue weighted by Crippen LogP contribution is -2.29. The van der Waals surface area contributed by atoms with Crippen molar-refractivity contribution < 1.29 is 4.79 Å². The van der Waals surface area contributed by atoms with Crippen molar-refractivity contribution in [1.82, 2.24) is 35.1 Å². The van der Waals surface area contributed by atoms with Gasteiger partial charge in [0.1, 0.15) is 6.33 Å². The van der Waals surface area contributed by atoms with Crippen molar-refractivity contribution in [3.8, 4) is 0 Å². The van der Waals surface area contributed by atoms with Gasteiger partial charge in [-0.3, -0.25) is 4.79 Å². The fourth-order valence-electron chi connectivity index (χ4n) is 3.22. The van der Waals surface area contributed by atoms with Gasteiger partial charge >= 0.3 is 0 Å². The van der Waals surface area contributed by atoms with Gasteiger partial charge in [-0.15, -0.1) is 15.3 Å². The van der Waals surface area contributed by atoms with Crippen LogP contribution in [0.3, 0.4) is 0 Å². The molecule has 1 fully saturated rings. The van der Waals surface area contributed by atoms with E-state index >= 15 is 0 Å². The Morgan fingerprint density at radius 1 is 1.24 bits per heavy atom. The summed E-state index contributed by atoms with van der Waals surface area (Å²) in [4.78, 5) is 12.5. The zero-order valence-electron chi connectivity index (χ0n) is 15.0. The molecule has 1 aliphatic rings. The summed E-state index contributed by atoms with van der Waals surface area (Å²) in [6.07, 6.45) is 7.30. The van der Waals surface area contributed by atoms with Crippen molar-refractivity contribution in [2.24, 2.45) is 5.73 Å². The van der Waals surface area contributed by atoms with E-state index in [-0.39, 0.29) is 30.1 Å². The molecule has 2 aromatic heterocycles. The Hall–Kier alpha value is -2.29. The first-order valence-electron chi connectivity index (χ1n) is 8.83. The lowest BCUT2D eigenvalue weighted by molar-refractivity contribution is 0.0932. The van der Waals surface area contributed by atoms with Gasteiger partial charge in [0.2, 0.25) is 0 Å². The fraction of sp³-hybridized carbons (Fsp3) is 0.688. The van der Waals surface area contributed by atoms with E-state index < -0.39 is 0 Å². The third-order valence-electron chi connectivity index (χ3n) is 4.75. The van der Waals surface area contributed by atoms with E-state index in [1.165, 1.54) is 0 Å². The zero-order chi connectivity index (χ0) is 18.0. The van der Waals surface area contributed by atoms with Crippen LogP contribution in [0.15, 0.2) is 12.5 Å². The molecule has 0 spiro atoms. The summed E-state index contributed by atoms with van der Waals surface area (Å²) in [7, 11) is 0. The average molecular weight is 346 g/mol. The number of nitrogens with two attached hydrogens (primary N) is 1. The number of amides is 1. The van der Waals surface area contributed by atoms with Crippen LogP contribution >= 0.6 is 0 Å². The highest BCUT2D eigenvalue weighted by molar-refractivity contribution is 5.92. The Morgan fingerprint density at radius 2 is 1.96 bits per heavy atom. The molecule has 0 aromatic carbocycles. The molecular weight excluding hydrogens is 320 g/mol. The Bertz CT molecular complexity index is 713. The SMILES string of the molecule is CC(C)n1cnnc1[C@H](C)NC(=O)c1cn(C2CCC(N)CC2)nn1. The van der Waals surface area contributed by atoms with Gasteiger partial charge in [-0.05, 0) is 46.5 Å². The van der Waals surface area contributed by atoms with Crippen molar-refractivity contribution in [2.45, 2.75) is 70.6 Å². The molecule has 0 unspecified atom stereocenters. The van der Waals surface area contributed by atoms with Crippen molar-refractivity contribution in [3.05, 3.63) is 24.0 Å². The maximum atomic E-state index is 12.5. The Morgan fingerprint density at radius 3 is 2.64 bits per heavy atom. The summed E-state index contributed by atoms with van der Waals surface area (Å²) in [5.41, 5.74) is 6.26. The summed E-state index contributed by atoms with van der Waals surface area (Å²) in [6, 6.07) is 0.509. The quantitative estimate of drug-likeness (QED) is 0.845. The van der Waals surface area contributed by atoms with Gasteiger partial charge in [-0.1, -0.05) is 5.21 Å². The first kappa shape index (κ1) is 17.5. The van der Waals surface area contributed by atoms with Crippen LogP contribution in [-0.2, 0) is 0 Å². The van der Waals surface area contributed by atoms with Gasteiger partial charge in [0.05, 0.1) is 18.3 Å². The van der Waals surface area contributed by atoms with Crippen molar-refractivity contribution in [1.29, 1.82) is 0 Å². The molecule has 25 heavy (non-hydrogen) atoms. The van der Waals surface area contributed by atoms with Gasteiger partial charge in [0.15, 0.2) is 11.5 Å². The molecule has 0 bridgehead atoms. The highest BCUT2D eigenvalue weighted by Crippen LogP contribution is 2.26. The molecule has 0 radical (unpaired) electrons. The molecule has 9 nitrogen and oxygen atoms in total. The van der Waals surface area contributed by atoms with Crippen LogP contribution in [-0.4, -0.2) is 41.7 Å². The van der Waals surface area contributed by atoms with Crippen LogP contribution in [0.25, 0.3) is 0 Å². The number of nitrogens with one attached hydrogen (secondary N) is 1. The average Bonchev–Trinajstić information content (AvgIpc) is 3.25.